The van der Waals surface area contributed by atoms with Gasteiger partial charge in [0.25, 0.3) is 0 Å². The number of nitrogens with zero attached hydrogens (tertiary/aromatic N) is 5. The average Bonchev–Trinajstić information content (AvgIpc) is 3.41. The molecule has 9 heteroatoms. The van der Waals surface area contributed by atoms with Crippen LogP contribution in [0.3, 0.4) is 0 Å². The second-order valence-electron chi connectivity index (χ2n) is 11.2. The van der Waals surface area contributed by atoms with E-state index in [2.05, 4.69) is 19.4 Å². The summed E-state index contributed by atoms with van der Waals surface area (Å²) in [6.45, 7) is 10.5. The van der Waals surface area contributed by atoms with Crippen LogP contribution in [0.2, 0.25) is 5.15 Å². The van der Waals surface area contributed by atoms with E-state index in [-0.39, 0.29) is 18.4 Å². The van der Waals surface area contributed by atoms with Gasteiger partial charge in [-0.15, -0.1) is 0 Å². The zero-order chi connectivity index (χ0) is 23.9. The molecule has 8 nitrogen and oxygen atoms in total. The van der Waals surface area contributed by atoms with Gasteiger partial charge in [-0.1, -0.05) is 11.6 Å². The summed E-state index contributed by atoms with van der Waals surface area (Å²) in [7, 11) is 0. The third kappa shape index (κ3) is 5.04. The first-order valence-electron chi connectivity index (χ1n) is 12.5. The van der Waals surface area contributed by atoms with Crippen LogP contribution < -0.4 is 0 Å². The minimum atomic E-state index is -0.445. The van der Waals surface area contributed by atoms with Gasteiger partial charge in [-0.2, -0.15) is 0 Å². The molecule has 3 fully saturated rings. The molecule has 34 heavy (non-hydrogen) atoms. The summed E-state index contributed by atoms with van der Waals surface area (Å²) >= 11 is 6.22. The van der Waals surface area contributed by atoms with Crippen molar-refractivity contribution >= 4 is 28.7 Å². The predicted molar refractivity (Wildman–Crippen MR) is 131 cm³/mol. The Bertz CT molecular complexity index is 1030. The van der Waals surface area contributed by atoms with E-state index in [0.717, 1.165) is 69.4 Å². The average molecular weight is 490 g/mol. The molecular weight excluding hydrogens is 454 g/mol. The number of ether oxygens (including phenoxy) is 2. The summed E-state index contributed by atoms with van der Waals surface area (Å²) < 4.78 is 14.1. The van der Waals surface area contributed by atoms with Crippen molar-refractivity contribution in [3.63, 3.8) is 0 Å². The van der Waals surface area contributed by atoms with Gasteiger partial charge in [-0.25, -0.2) is 14.8 Å². The lowest BCUT2D eigenvalue weighted by Crippen LogP contribution is -2.52. The highest BCUT2D eigenvalue weighted by molar-refractivity contribution is 6.33. The molecule has 0 radical (unpaired) electrons. The number of amides is 1. The fraction of sp³-hybridized carbons (Fsp3) is 0.720. The van der Waals surface area contributed by atoms with E-state index < -0.39 is 5.60 Å². The van der Waals surface area contributed by atoms with E-state index >= 15 is 0 Å². The standard InChI is InChI=1S/C25H36ClN5O3/c1-24(2,3)34-23(32)30-13-9-25(10-14-30)8-4-11-29(16-25)15-18-5-6-20(33-18)31-12-7-19-21(26)27-17-28-22(19)31/h7,12,17-18,20H,4-6,8-11,13-16H2,1-3H3/t18-,20+/m0/s1. The molecule has 0 N–H and O–H groups in total. The van der Waals surface area contributed by atoms with Crippen molar-refractivity contribution in [2.45, 2.75) is 77.2 Å². The van der Waals surface area contributed by atoms with E-state index in [9.17, 15) is 4.79 Å². The van der Waals surface area contributed by atoms with Crippen LogP contribution in [-0.4, -0.2) is 74.9 Å². The Labute approximate surface area is 206 Å². The van der Waals surface area contributed by atoms with Crippen LogP contribution >= 0.6 is 11.6 Å². The lowest BCUT2D eigenvalue weighted by atomic mass is 9.72. The predicted octanol–water partition coefficient (Wildman–Crippen LogP) is 4.88. The van der Waals surface area contributed by atoms with Gasteiger partial charge >= 0.3 is 6.09 Å². The Morgan fingerprint density at radius 3 is 2.76 bits per heavy atom. The Kier molecular flexibility index (Phi) is 6.50. The molecule has 0 aliphatic carbocycles. The third-order valence-corrected chi connectivity index (χ3v) is 7.84. The van der Waals surface area contributed by atoms with Crippen LogP contribution in [0.5, 0.6) is 0 Å². The SMILES string of the molecule is CC(C)(C)OC(=O)N1CCC2(CCCN(C[C@@H]3CC[C@H](n4ccc5c(Cl)ncnc54)O3)C2)CC1. The van der Waals surface area contributed by atoms with Crippen molar-refractivity contribution in [1.82, 2.24) is 24.3 Å². The van der Waals surface area contributed by atoms with E-state index in [1.165, 1.54) is 19.2 Å². The van der Waals surface area contributed by atoms with E-state index in [4.69, 9.17) is 21.1 Å². The fourth-order valence-corrected chi connectivity index (χ4v) is 6.04. The summed E-state index contributed by atoms with van der Waals surface area (Å²) in [6.07, 6.45) is 10.1. The molecule has 2 aromatic heterocycles. The van der Waals surface area contributed by atoms with Gasteiger partial charge in [0.1, 0.15) is 29.0 Å². The molecule has 1 amide bonds. The molecular formula is C25H36ClN5O3. The van der Waals surface area contributed by atoms with Gasteiger partial charge in [0.15, 0.2) is 0 Å². The van der Waals surface area contributed by atoms with E-state index in [0.29, 0.717) is 10.6 Å². The van der Waals surface area contributed by atoms with Crippen LogP contribution in [0.15, 0.2) is 18.6 Å². The highest BCUT2D eigenvalue weighted by Gasteiger charge is 2.41. The highest BCUT2D eigenvalue weighted by atomic mass is 35.5. The number of hydrogen-bond donors (Lipinski definition) is 0. The van der Waals surface area contributed by atoms with Gasteiger partial charge in [-0.3, -0.25) is 0 Å². The molecule has 186 valence electrons. The van der Waals surface area contributed by atoms with Gasteiger partial charge in [0, 0.05) is 32.4 Å². The maximum atomic E-state index is 12.5. The van der Waals surface area contributed by atoms with Gasteiger partial charge in [0.2, 0.25) is 0 Å². The molecule has 5 rings (SSSR count). The maximum absolute atomic E-state index is 12.5. The number of fused-ring (bicyclic) bond motifs is 1. The van der Waals surface area contributed by atoms with E-state index in [1.807, 2.05) is 37.9 Å². The zero-order valence-electron chi connectivity index (χ0n) is 20.5. The number of hydrogen-bond acceptors (Lipinski definition) is 6. The lowest BCUT2D eigenvalue weighted by Gasteiger charge is -2.48. The molecule has 1 spiro atoms. The number of aromatic nitrogens is 3. The van der Waals surface area contributed by atoms with Gasteiger partial charge in [-0.05, 0) is 77.3 Å². The lowest BCUT2D eigenvalue weighted by molar-refractivity contribution is -0.0364. The largest absolute Gasteiger partial charge is 0.444 e. The third-order valence-electron chi connectivity index (χ3n) is 7.53. The first kappa shape index (κ1) is 23.8. The van der Waals surface area contributed by atoms with Crippen molar-refractivity contribution in [3.05, 3.63) is 23.7 Å². The molecule has 0 unspecified atom stereocenters. The van der Waals surface area contributed by atoms with Crippen molar-refractivity contribution in [3.8, 4) is 0 Å². The molecule has 3 aliphatic rings. The number of piperidine rings is 2. The van der Waals surface area contributed by atoms with Crippen molar-refractivity contribution in [2.75, 3.05) is 32.7 Å². The number of halogens is 1. The minimum absolute atomic E-state index is 0.00992. The van der Waals surface area contributed by atoms with Gasteiger partial charge in [0.05, 0.1) is 11.5 Å². The first-order valence-corrected chi connectivity index (χ1v) is 12.9. The number of carbonyl (C=O) groups is 1. The van der Waals surface area contributed by atoms with Crippen LogP contribution in [0.1, 0.15) is 65.5 Å². The van der Waals surface area contributed by atoms with Crippen molar-refractivity contribution < 1.29 is 14.3 Å². The zero-order valence-corrected chi connectivity index (χ0v) is 21.3. The second-order valence-corrected chi connectivity index (χ2v) is 11.6. The summed E-state index contributed by atoms with van der Waals surface area (Å²) in [5, 5.41) is 1.35. The molecule has 3 saturated heterocycles. The monoisotopic (exact) mass is 489 g/mol. The Hall–Kier alpha value is -1.90. The van der Waals surface area contributed by atoms with Crippen LogP contribution in [0.25, 0.3) is 11.0 Å². The number of rotatable bonds is 3. The molecule has 3 aliphatic heterocycles. The molecule has 0 aromatic carbocycles. The van der Waals surface area contributed by atoms with Crippen molar-refractivity contribution in [1.29, 1.82) is 0 Å². The highest BCUT2D eigenvalue weighted by Crippen LogP contribution is 2.41. The van der Waals surface area contributed by atoms with Gasteiger partial charge < -0.3 is 23.8 Å². The topological polar surface area (TPSA) is 72.7 Å². The number of likely N-dealkylation sites (tertiary alicyclic amines) is 2. The quantitative estimate of drug-likeness (QED) is 0.572. The summed E-state index contributed by atoms with van der Waals surface area (Å²) in [6, 6.07) is 1.96. The maximum Gasteiger partial charge on any atom is 0.410 e. The normalized spacial score (nSPS) is 25.8. The van der Waals surface area contributed by atoms with E-state index in [1.54, 1.807) is 0 Å². The molecule has 0 saturated carbocycles. The van der Waals surface area contributed by atoms with Crippen molar-refractivity contribution in [2.24, 2.45) is 5.41 Å². The van der Waals surface area contributed by atoms with Crippen LogP contribution in [-0.2, 0) is 9.47 Å². The van der Waals surface area contributed by atoms with Crippen LogP contribution in [0.4, 0.5) is 4.79 Å². The Morgan fingerprint density at radius 2 is 2.00 bits per heavy atom. The minimum Gasteiger partial charge on any atom is -0.444 e. The summed E-state index contributed by atoms with van der Waals surface area (Å²) in [5.74, 6) is 0. The Morgan fingerprint density at radius 1 is 1.21 bits per heavy atom. The Balaban J connectivity index is 1.15. The van der Waals surface area contributed by atoms with Crippen LogP contribution in [0, 0.1) is 5.41 Å². The molecule has 2 atom stereocenters. The first-order chi connectivity index (χ1) is 16.2. The summed E-state index contributed by atoms with van der Waals surface area (Å²) in [5.41, 5.74) is 0.692. The molecule has 5 heterocycles. The number of carbonyl (C=O) groups excluding carboxylic acids is 1. The fourth-order valence-electron chi connectivity index (χ4n) is 5.85. The smallest absolute Gasteiger partial charge is 0.410 e. The second kappa shape index (κ2) is 9.28. The molecule has 0 bridgehead atoms. The summed E-state index contributed by atoms with van der Waals surface area (Å²) in [4.78, 5) is 25.4. The molecule has 2 aromatic rings.